The van der Waals surface area contributed by atoms with Crippen molar-refractivity contribution in [2.24, 2.45) is 0 Å². The molecule has 0 radical (unpaired) electrons. The maximum Gasteiger partial charge on any atom is 0.160 e. The Hall–Kier alpha value is -3.32. The number of pyridine rings is 1. The van der Waals surface area contributed by atoms with E-state index >= 15 is 0 Å². The van der Waals surface area contributed by atoms with Crippen LogP contribution < -0.4 is 10.6 Å². The van der Waals surface area contributed by atoms with Crippen molar-refractivity contribution in [2.75, 3.05) is 32.0 Å². The van der Waals surface area contributed by atoms with Gasteiger partial charge in [-0.1, -0.05) is 31.1 Å². The minimum Gasteiger partial charge on any atom is -0.388 e. The van der Waals surface area contributed by atoms with Crippen LogP contribution in [-0.2, 0) is 0 Å². The van der Waals surface area contributed by atoms with E-state index in [9.17, 15) is 13.6 Å². The van der Waals surface area contributed by atoms with Crippen molar-refractivity contribution in [3.63, 3.8) is 0 Å². The number of likely N-dealkylation sites (N-methyl/N-ethyl adjacent to an activating group) is 1. The Bertz CT molecular complexity index is 1190. The molecule has 3 rings (SSSR count). The largest absolute Gasteiger partial charge is 0.388 e. The fraction of sp³-hybridized carbons (Fsp3) is 0.419. The third-order valence-corrected chi connectivity index (χ3v) is 7.12. The number of nitrogens with one attached hydrogen (secondary N) is 2. The number of benzene rings is 1. The molecule has 1 aromatic heterocycles. The van der Waals surface area contributed by atoms with E-state index in [1.54, 1.807) is 0 Å². The zero-order valence-electron chi connectivity index (χ0n) is 23.2. The molecule has 2 N–H and O–H groups in total. The fourth-order valence-corrected chi connectivity index (χ4v) is 5.00. The number of ketones is 1. The van der Waals surface area contributed by atoms with Crippen LogP contribution in [0.2, 0.25) is 0 Å². The Morgan fingerprint density at radius 3 is 2.47 bits per heavy atom. The number of carbonyl (C=O) groups is 1. The Labute approximate surface area is 225 Å². The molecule has 7 heteroatoms. The normalized spacial score (nSPS) is 15.8. The van der Waals surface area contributed by atoms with E-state index in [1.165, 1.54) is 24.6 Å². The molecular weight excluding hydrogens is 482 g/mol. The first-order chi connectivity index (χ1) is 18.3. The van der Waals surface area contributed by atoms with Crippen LogP contribution in [0.4, 0.5) is 14.5 Å². The molecule has 0 bridgehead atoms. The van der Waals surface area contributed by atoms with Crippen LogP contribution in [0.15, 0.2) is 54.0 Å². The van der Waals surface area contributed by atoms with Gasteiger partial charge in [0.2, 0.25) is 0 Å². The maximum absolute atomic E-state index is 14.7. The van der Waals surface area contributed by atoms with Gasteiger partial charge in [0, 0.05) is 59.8 Å². The van der Waals surface area contributed by atoms with Crippen LogP contribution >= 0.6 is 0 Å². The van der Waals surface area contributed by atoms with Gasteiger partial charge in [0.15, 0.2) is 5.78 Å². The summed E-state index contributed by atoms with van der Waals surface area (Å²) in [7, 11) is 1.89. The molecule has 2 heterocycles. The molecule has 1 saturated heterocycles. The van der Waals surface area contributed by atoms with Crippen molar-refractivity contribution < 1.29 is 13.6 Å². The number of aryl methyl sites for hydroxylation is 1. The number of anilines is 1. The van der Waals surface area contributed by atoms with Gasteiger partial charge in [-0.25, -0.2) is 8.78 Å². The third-order valence-electron chi connectivity index (χ3n) is 7.12. The van der Waals surface area contributed by atoms with E-state index in [4.69, 9.17) is 0 Å². The molecule has 1 aromatic carbocycles. The van der Waals surface area contributed by atoms with Gasteiger partial charge in [-0.15, -0.1) is 0 Å². The molecule has 204 valence electrons. The first-order valence-corrected chi connectivity index (χ1v) is 13.4. The van der Waals surface area contributed by atoms with Gasteiger partial charge in [0.25, 0.3) is 0 Å². The summed E-state index contributed by atoms with van der Waals surface area (Å²) >= 11 is 0. The van der Waals surface area contributed by atoms with Gasteiger partial charge in [-0.05, 0) is 83.3 Å². The van der Waals surface area contributed by atoms with Gasteiger partial charge in [0.1, 0.15) is 11.6 Å². The number of hydrogen-bond donors (Lipinski definition) is 2. The second-order valence-corrected chi connectivity index (χ2v) is 9.84. The number of likely N-dealkylation sites (tertiary alicyclic amines) is 1. The summed E-state index contributed by atoms with van der Waals surface area (Å²) in [6.45, 7) is 9.81. The molecule has 1 aliphatic rings. The molecule has 0 unspecified atom stereocenters. The molecule has 0 aliphatic carbocycles. The van der Waals surface area contributed by atoms with Crippen molar-refractivity contribution in [3.05, 3.63) is 88.0 Å². The minimum atomic E-state index is -0.613. The molecular formula is C31H40F2N4O. The number of carbonyl (C=O) groups excluding carboxylic acids is 1. The number of hydrogen-bond acceptors (Lipinski definition) is 5. The molecule has 1 fully saturated rings. The third kappa shape index (κ3) is 7.60. The quantitative estimate of drug-likeness (QED) is 0.246. The lowest BCUT2D eigenvalue weighted by atomic mass is 9.87. The predicted octanol–water partition coefficient (Wildman–Crippen LogP) is 6.98. The lowest BCUT2D eigenvalue weighted by molar-refractivity contribution is 0.101. The van der Waals surface area contributed by atoms with E-state index in [0.717, 1.165) is 55.1 Å². The minimum absolute atomic E-state index is 0.0786. The maximum atomic E-state index is 14.7. The highest BCUT2D eigenvalue weighted by atomic mass is 19.1. The Kier molecular flexibility index (Phi) is 10.8. The molecule has 1 aliphatic heterocycles. The predicted molar refractivity (Wildman–Crippen MR) is 152 cm³/mol. The summed E-state index contributed by atoms with van der Waals surface area (Å²) < 4.78 is 29.4. The molecule has 5 nitrogen and oxygen atoms in total. The SMILES string of the molecule is C/C=C(\C=C/Nc1ccnc(C)c1/C=C(\CCC)CN1CCC(c2c(F)cc(C(C)=O)cc2F)CC1)NC. The van der Waals surface area contributed by atoms with Crippen molar-refractivity contribution >= 4 is 17.5 Å². The molecule has 0 amide bonds. The molecule has 0 atom stereocenters. The van der Waals surface area contributed by atoms with Crippen LogP contribution in [0.3, 0.4) is 0 Å². The first kappa shape index (κ1) is 29.2. The number of nitrogens with zero attached hydrogens (tertiary/aromatic N) is 2. The van der Waals surface area contributed by atoms with E-state index in [2.05, 4.69) is 33.5 Å². The summed E-state index contributed by atoms with van der Waals surface area (Å²) in [5, 5.41) is 6.53. The summed E-state index contributed by atoms with van der Waals surface area (Å²) in [6, 6.07) is 4.32. The van der Waals surface area contributed by atoms with Crippen LogP contribution in [-0.4, -0.2) is 42.3 Å². The number of aromatic nitrogens is 1. The second-order valence-electron chi connectivity index (χ2n) is 9.84. The Morgan fingerprint density at radius 1 is 1.21 bits per heavy atom. The average Bonchev–Trinajstić information content (AvgIpc) is 2.89. The number of allylic oxidation sites excluding steroid dienone is 2. The zero-order chi connectivity index (χ0) is 27.7. The smallest absolute Gasteiger partial charge is 0.160 e. The Morgan fingerprint density at radius 2 is 1.89 bits per heavy atom. The van der Waals surface area contributed by atoms with E-state index in [1.807, 2.05) is 51.5 Å². The van der Waals surface area contributed by atoms with Gasteiger partial charge in [-0.3, -0.25) is 14.7 Å². The van der Waals surface area contributed by atoms with Crippen molar-refractivity contribution in [2.45, 2.75) is 59.3 Å². The highest BCUT2D eigenvalue weighted by Crippen LogP contribution is 2.33. The number of halogens is 2. The number of Topliss-reactive ketones (excluding diaryl/α,β-unsaturated/α-hetero) is 1. The van der Waals surface area contributed by atoms with Gasteiger partial charge in [0.05, 0.1) is 0 Å². The van der Waals surface area contributed by atoms with Crippen molar-refractivity contribution in [1.29, 1.82) is 0 Å². The summed E-state index contributed by atoms with van der Waals surface area (Å²) in [5.74, 6) is -1.75. The number of rotatable bonds is 11. The lowest BCUT2D eigenvalue weighted by Gasteiger charge is -2.33. The van der Waals surface area contributed by atoms with Crippen LogP contribution in [0, 0.1) is 18.6 Å². The Balaban J connectivity index is 1.73. The van der Waals surface area contributed by atoms with Gasteiger partial charge >= 0.3 is 0 Å². The average molecular weight is 523 g/mol. The van der Waals surface area contributed by atoms with Crippen LogP contribution in [0.1, 0.15) is 79.6 Å². The van der Waals surface area contributed by atoms with E-state index in [0.29, 0.717) is 12.8 Å². The summed E-state index contributed by atoms with van der Waals surface area (Å²) in [5.41, 5.74) is 5.54. The standard InChI is InChI=1S/C31H40F2N4O/c1-6-8-23(17-27-21(3)35-14-10-30(27)36-13-9-26(7-2)34-5)20-37-15-11-24(12-16-37)31-28(32)18-25(22(4)38)19-29(31)33/h7,9-10,13-14,17-19,24,34H,6,8,11-12,15-16,20H2,1-5H3,(H,35,36)/b13-9-,23-17+,26-7+. The van der Waals surface area contributed by atoms with Crippen LogP contribution in [0.25, 0.3) is 6.08 Å². The first-order valence-electron chi connectivity index (χ1n) is 13.4. The van der Waals surface area contributed by atoms with Crippen molar-refractivity contribution in [1.82, 2.24) is 15.2 Å². The second kappa shape index (κ2) is 14.0. The highest BCUT2D eigenvalue weighted by Gasteiger charge is 2.27. The zero-order valence-corrected chi connectivity index (χ0v) is 23.2. The highest BCUT2D eigenvalue weighted by molar-refractivity contribution is 5.94. The van der Waals surface area contributed by atoms with Crippen LogP contribution in [0.5, 0.6) is 0 Å². The number of piperidine rings is 1. The summed E-state index contributed by atoms with van der Waals surface area (Å²) in [4.78, 5) is 18.4. The van der Waals surface area contributed by atoms with E-state index < -0.39 is 11.6 Å². The fourth-order valence-electron chi connectivity index (χ4n) is 5.00. The summed E-state index contributed by atoms with van der Waals surface area (Å²) in [6.07, 6.45) is 13.3. The molecule has 0 saturated carbocycles. The van der Waals surface area contributed by atoms with Crippen molar-refractivity contribution in [3.8, 4) is 0 Å². The monoisotopic (exact) mass is 522 g/mol. The lowest BCUT2D eigenvalue weighted by Crippen LogP contribution is -2.35. The molecule has 38 heavy (non-hydrogen) atoms. The van der Waals surface area contributed by atoms with E-state index in [-0.39, 0.29) is 22.8 Å². The van der Waals surface area contributed by atoms with Gasteiger partial charge < -0.3 is 10.6 Å². The molecule has 0 spiro atoms. The van der Waals surface area contributed by atoms with Gasteiger partial charge in [-0.2, -0.15) is 0 Å². The topological polar surface area (TPSA) is 57.3 Å². The molecule has 2 aromatic rings.